The van der Waals surface area contributed by atoms with Crippen LogP contribution in [0.15, 0.2) is 114 Å². The summed E-state index contributed by atoms with van der Waals surface area (Å²) in [5.74, 6) is -1.97. The average Bonchev–Trinajstić information content (AvgIpc) is 3.02. The first-order valence-corrected chi connectivity index (χ1v) is 14.7. The van der Waals surface area contributed by atoms with Gasteiger partial charge in [0.05, 0.1) is 15.5 Å². The fourth-order valence-electron chi connectivity index (χ4n) is 4.54. The van der Waals surface area contributed by atoms with Crippen LogP contribution in [0.2, 0.25) is 0 Å². The summed E-state index contributed by atoms with van der Waals surface area (Å²) >= 11 is 0. The van der Waals surface area contributed by atoms with Crippen LogP contribution in [0, 0.1) is 15.9 Å². The lowest BCUT2D eigenvalue weighted by atomic mass is 10.0. The van der Waals surface area contributed by atoms with E-state index in [1.807, 2.05) is 0 Å². The Hall–Kier alpha value is -5.10. The molecule has 0 radical (unpaired) electrons. The molecule has 0 aliphatic rings. The molecule has 0 fully saturated rings. The predicted molar refractivity (Wildman–Crippen MR) is 159 cm³/mol. The predicted octanol–water partition coefficient (Wildman–Crippen LogP) is 4.32. The third-order valence-corrected chi connectivity index (χ3v) is 8.54. The fraction of sp³-hybridized carbons (Fsp3) is 0.161. The van der Waals surface area contributed by atoms with Crippen molar-refractivity contribution in [2.75, 3.05) is 17.9 Å². The minimum atomic E-state index is -4.43. The van der Waals surface area contributed by atoms with Crippen LogP contribution in [0.5, 0.6) is 0 Å². The first kappa shape index (κ1) is 30.8. The second-order valence-electron chi connectivity index (χ2n) is 9.53. The van der Waals surface area contributed by atoms with E-state index < -0.39 is 45.2 Å². The third-order valence-electron chi connectivity index (χ3n) is 6.75. The van der Waals surface area contributed by atoms with Gasteiger partial charge in [-0.2, -0.15) is 0 Å². The van der Waals surface area contributed by atoms with E-state index in [0.29, 0.717) is 0 Å². The number of nitrogens with one attached hydrogen (secondary N) is 1. The summed E-state index contributed by atoms with van der Waals surface area (Å²) in [5, 5.41) is 14.1. The molecule has 0 saturated carbocycles. The van der Waals surface area contributed by atoms with Crippen molar-refractivity contribution in [3.63, 3.8) is 0 Å². The molecule has 0 bridgehead atoms. The molecule has 0 saturated heterocycles. The molecule has 1 N–H and O–H groups in total. The van der Waals surface area contributed by atoms with E-state index in [9.17, 15) is 32.5 Å². The third kappa shape index (κ3) is 7.41. The highest BCUT2D eigenvalue weighted by Crippen LogP contribution is 2.28. The molecule has 0 aliphatic heterocycles. The number of rotatable bonds is 12. The molecule has 1 unspecified atom stereocenters. The Morgan fingerprint density at radius 2 is 1.53 bits per heavy atom. The number of benzene rings is 4. The van der Waals surface area contributed by atoms with Crippen molar-refractivity contribution in [1.82, 2.24) is 10.2 Å². The van der Waals surface area contributed by atoms with Gasteiger partial charge in [0.2, 0.25) is 11.8 Å². The lowest BCUT2D eigenvalue weighted by Crippen LogP contribution is -2.53. The first-order valence-electron chi connectivity index (χ1n) is 13.2. The topological polar surface area (TPSA) is 130 Å². The molecule has 12 heteroatoms. The van der Waals surface area contributed by atoms with E-state index in [2.05, 4.69) is 5.32 Å². The van der Waals surface area contributed by atoms with Crippen LogP contribution in [0.4, 0.5) is 15.8 Å². The fourth-order valence-corrected chi connectivity index (χ4v) is 5.97. The SMILES string of the molecule is CNC(=O)C(Cc1ccccc1)N(Cc1ccccc1F)C(=O)CN(c1cccc([N+](=O)[O-])c1)S(=O)(=O)c1ccccc1. The number of amides is 2. The Balaban J connectivity index is 1.82. The lowest BCUT2D eigenvalue weighted by Gasteiger charge is -2.33. The summed E-state index contributed by atoms with van der Waals surface area (Å²) in [6.45, 7) is -1.17. The van der Waals surface area contributed by atoms with Crippen LogP contribution in [0.25, 0.3) is 0 Å². The molecule has 4 aromatic rings. The number of nitro benzene ring substituents is 1. The van der Waals surface area contributed by atoms with Gasteiger partial charge in [-0.3, -0.25) is 24.0 Å². The van der Waals surface area contributed by atoms with Gasteiger partial charge in [0.15, 0.2) is 0 Å². The second-order valence-corrected chi connectivity index (χ2v) is 11.4. The van der Waals surface area contributed by atoms with Crippen LogP contribution in [-0.4, -0.2) is 49.7 Å². The van der Waals surface area contributed by atoms with E-state index in [1.165, 1.54) is 67.7 Å². The Bertz CT molecular complexity index is 1700. The summed E-state index contributed by atoms with van der Waals surface area (Å²) in [6.07, 6.45) is 0.0585. The normalized spacial score (nSPS) is 11.8. The molecule has 222 valence electrons. The van der Waals surface area contributed by atoms with E-state index >= 15 is 0 Å². The summed E-state index contributed by atoms with van der Waals surface area (Å²) in [4.78, 5) is 39.2. The van der Waals surface area contributed by atoms with Gasteiger partial charge >= 0.3 is 0 Å². The number of nitrogens with zero attached hydrogens (tertiary/aromatic N) is 3. The van der Waals surface area contributed by atoms with Gasteiger partial charge in [-0.1, -0.05) is 72.8 Å². The van der Waals surface area contributed by atoms with E-state index in [1.54, 1.807) is 42.5 Å². The minimum absolute atomic E-state index is 0.0585. The van der Waals surface area contributed by atoms with E-state index in [4.69, 9.17) is 0 Å². The van der Waals surface area contributed by atoms with Gasteiger partial charge in [0, 0.05) is 37.7 Å². The zero-order chi connectivity index (χ0) is 31.0. The number of likely N-dealkylation sites (N-methyl/N-ethyl adjacent to an activating group) is 1. The lowest BCUT2D eigenvalue weighted by molar-refractivity contribution is -0.384. The smallest absolute Gasteiger partial charge is 0.271 e. The summed E-state index contributed by atoms with van der Waals surface area (Å²) < 4.78 is 43.4. The maximum Gasteiger partial charge on any atom is 0.271 e. The van der Waals surface area contributed by atoms with Crippen molar-refractivity contribution in [2.45, 2.75) is 23.9 Å². The number of non-ortho nitro benzene ring substituents is 1. The number of hydrogen-bond donors (Lipinski definition) is 1. The quantitative estimate of drug-likeness (QED) is 0.189. The number of sulfonamides is 1. The molecule has 0 aliphatic carbocycles. The molecular weight excluding hydrogens is 575 g/mol. The maximum atomic E-state index is 14.8. The molecule has 0 aromatic heterocycles. The van der Waals surface area contributed by atoms with Crippen molar-refractivity contribution in [3.05, 3.63) is 136 Å². The van der Waals surface area contributed by atoms with Crippen LogP contribution in [-0.2, 0) is 32.6 Å². The van der Waals surface area contributed by atoms with Gasteiger partial charge < -0.3 is 10.2 Å². The first-order chi connectivity index (χ1) is 20.6. The number of carbonyl (C=O) groups excluding carboxylic acids is 2. The Morgan fingerprint density at radius 3 is 2.16 bits per heavy atom. The maximum absolute atomic E-state index is 14.8. The minimum Gasteiger partial charge on any atom is -0.357 e. The number of halogens is 1. The summed E-state index contributed by atoms with van der Waals surface area (Å²) in [7, 11) is -3.02. The van der Waals surface area contributed by atoms with Gasteiger partial charge in [-0.05, 0) is 29.8 Å². The van der Waals surface area contributed by atoms with Crippen molar-refractivity contribution in [2.24, 2.45) is 0 Å². The summed E-state index contributed by atoms with van der Waals surface area (Å²) in [5.41, 5.74) is 0.325. The van der Waals surface area contributed by atoms with Crippen molar-refractivity contribution in [1.29, 1.82) is 0 Å². The largest absolute Gasteiger partial charge is 0.357 e. The number of carbonyl (C=O) groups is 2. The zero-order valence-electron chi connectivity index (χ0n) is 23.2. The molecular formula is C31H29FN4O6S. The van der Waals surface area contributed by atoms with Crippen LogP contribution >= 0.6 is 0 Å². The standard InChI is InChI=1S/C31H29FN4O6S/c1-33-31(38)29(19-23-11-4-2-5-12-23)34(21-24-13-8-9-18-28(24)32)30(37)22-35(25-14-10-15-26(20-25)36(39)40)43(41,42)27-16-6-3-7-17-27/h2-18,20,29H,19,21-22H2,1H3,(H,33,38). The molecule has 4 aromatic carbocycles. The zero-order valence-corrected chi connectivity index (χ0v) is 24.0. The van der Waals surface area contributed by atoms with Crippen LogP contribution in [0.3, 0.4) is 0 Å². The number of anilines is 1. The Kier molecular flexibility index (Phi) is 9.83. The van der Waals surface area contributed by atoms with Gasteiger partial charge in [0.1, 0.15) is 18.4 Å². The van der Waals surface area contributed by atoms with Crippen molar-refractivity contribution >= 4 is 33.2 Å². The van der Waals surface area contributed by atoms with Gasteiger partial charge in [0.25, 0.3) is 15.7 Å². The molecule has 43 heavy (non-hydrogen) atoms. The highest BCUT2D eigenvalue weighted by atomic mass is 32.2. The van der Waals surface area contributed by atoms with Gasteiger partial charge in [-0.25, -0.2) is 12.8 Å². The van der Waals surface area contributed by atoms with Crippen molar-refractivity contribution < 1.29 is 27.3 Å². The van der Waals surface area contributed by atoms with Gasteiger partial charge in [-0.15, -0.1) is 0 Å². The van der Waals surface area contributed by atoms with Crippen LogP contribution < -0.4 is 9.62 Å². The Morgan fingerprint density at radius 1 is 0.907 bits per heavy atom. The molecule has 10 nitrogen and oxygen atoms in total. The highest BCUT2D eigenvalue weighted by Gasteiger charge is 2.35. The van der Waals surface area contributed by atoms with E-state index in [-0.39, 0.29) is 34.8 Å². The number of nitro groups is 1. The second kappa shape index (κ2) is 13.7. The summed E-state index contributed by atoms with van der Waals surface area (Å²) in [6, 6.07) is 25.7. The van der Waals surface area contributed by atoms with Crippen LogP contribution in [0.1, 0.15) is 11.1 Å². The monoisotopic (exact) mass is 604 g/mol. The van der Waals surface area contributed by atoms with E-state index in [0.717, 1.165) is 20.8 Å². The van der Waals surface area contributed by atoms with Crippen molar-refractivity contribution in [3.8, 4) is 0 Å². The molecule has 4 rings (SSSR count). The molecule has 0 heterocycles. The molecule has 0 spiro atoms. The highest BCUT2D eigenvalue weighted by molar-refractivity contribution is 7.92. The number of hydrogen-bond acceptors (Lipinski definition) is 6. The Labute approximate surface area is 248 Å². The molecule has 2 amide bonds. The average molecular weight is 605 g/mol. The molecule has 1 atom stereocenters.